The maximum absolute atomic E-state index is 12.1. The van der Waals surface area contributed by atoms with Crippen molar-refractivity contribution in [2.45, 2.75) is 13.8 Å². The van der Waals surface area contributed by atoms with Gasteiger partial charge in [0.25, 0.3) is 17.7 Å². The van der Waals surface area contributed by atoms with Gasteiger partial charge >= 0.3 is 0 Å². The lowest BCUT2D eigenvalue weighted by molar-refractivity contribution is -0.123. The van der Waals surface area contributed by atoms with E-state index in [0.717, 1.165) is 11.1 Å². The van der Waals surface area contributed by atoms with Gasteiger partial charge in [-0.1, -0.05) is 18.2 Å². The van der Waals surface area contributed by atoms with Crippen LogP contribution in [0.25, 0.3) is 6.08 Å². The van der Waals surface area contributed by atoms with E-state index in [0.29, 0.717) is 17.0 Å². The molecule has 3 amide bonds. The van der Waals surface area contributed by atoms with Gasteiger partial charge in [-0.05, 0) is 73.1 Å². The van der Waals surface area contributed by atoms with E-state index >= 15 is 0 Å². The average Bonchev–Trinajstić information content (AvgIpc) is 2.66. The second kappa shape index (κ2) is 8.66. The van der Waals surface area contributed by atoms with Gasteiger partial charge in [-0.25, -0.2) is 0 Å². The molecular formula is C21H19N3O4S. The molecule has 8 heteroatoms. The standard InChI is InChI=1S/C21H19N3O4S/c1-12-6-7-15(8-13(12)2)22-18(25)11-28-16-5-3-4-14(9-16)10-17-19(26)23-21(29)24-20(17)27/h3-10H,11H2,1-2H3,(H,22,25)(H2,23,24,26,27,29). The lowest BCUT2D eigenvalue weighted by Gasteiger charge is -2.16. The summed E-state index contributed by atoms with van der Waals surface area (Å²) in [6, 6.07) is 12.4. The molecule has 1 fully saturated rings. The Bertz CT molecular complexity index is 1020. The molecule has 3 N–H and O–H groups in total. The van der Waals surface area contributed by atoms with Crippen molar-refractivity contribution >= 4 is 46.8 Å². The first-order chi connectivity index (χ1) is 13.8. The third kappa shape index (κ3) is 5.26. The van der Waals surface area contributed by atoms with Gasteiger partial charge in [-0.2, -0.15) is 0 Å². The zero-order valence-electron chi connectivity index (χ0n) is 15.9. The van der Waals surface area contributed by atoms with Crippen LogP contribution in [0.2, 0.25) is 0 Å². The number of aryl methyl sites for hydroxylation is 2. The van der Waals surface area contributed by atoms with Crippen molar-refractivity contribution in [1.29, 1.82) is 0 Å². The lowest BCUT2D eigenvalue weighted by atomic mass is 10.1. The van der Waals surface area contributed by atoms with Crippen molar-refractivity contribution in [3.05, 3.63) is 64.7 Å². The molecule has 0 aliphatic carbocycles. The average molecular weight is 409 g/mol. The fourth-order valence-electron chi connectivity index (χ4n) is 2.63. The Kier molecular flexibility index (Phi) is 6.04. The summed E-state index contributed by atoms with van der Waals surface area (Å²) in [5.74, 6) is -1.01. The van der Waals surface area contributed by atoms with Gasteiger partial charge in [0.05, 0.1) is 0 Å². The van der Waals surface area contributed by atoms with Gasteiger partial charge in [-0.15, -0.1) is 0 Å². The first kappa shape index (κ1) is 20.2. The van der Waals surface area contributed by atoms with Crippen LogP contribution in [0, 0.1) is 13.8 Å². The van der Waals surface area contributed by atoms with Crippen LogP contribution in [0.15, 0.2) is 48.0 Å². The Hall–Kier alpha value is -3.52. The molecule has 0 spiro atoms. The summed E-state index contributed by atoms with van der Waals surface area (Å²) < 4.78 is 5.53. The molecule has 2 aromatic rings. The van der Waals surface area contributed by atoms with Crippen LogP contribution in [0.4, 0.5) is 5.69 Å². The van der Waals surface area contributed by atoms with Gasteiger partial charge in [0.2, 0.25) is 0 Å². The summed E-state index contributed by atoms with van der Waals surface area (Å²) in [5, 5.41) is 7.50. The summed E-state index contributed by atoms with van der Waals surface area (Å²) in [4.78, 5) is 36.0. The molecule has 3 rings (SSSR count). The van der Waals surface area contributed by atoms with Gasteiger partial charge < -0.3 is 10.1 Å². The number of benzene rings is 2. The van der Waals surface area contributed by atoms with Crippen LogP contribution >= 0.6 is 12.2 Å². The highest BCUT2D eigenvalue weighted by molar-refractivity contribution is 7.80. The number of hydrogen-bond donors (Lipinski definition) is 3. The molecule has 0 aromatic heterocycles. The summed E-state index contributed by atoms with van der Waals surface area (Å²) in [7, 11) is 0. The number of rotatable bonds is 5. The fraction of sp³-hybridized carbons (Fsp3) is 0.143. The third-order valence-corrected chi connectivity index (χ3v) is 4.48. The molecule has 1 aliphatic rings. The molecule has 29 heavy (non-hydrogen) atoms. The summed E-state index contributed by atoms with van der Waals surface area (Å²) in [5.41, 5.74) is 3.44. The van der Waals surface area contributed by atoms with Crippen LogP contribution in [-0.4, -0.2) is 29.4 Å². The fourth-order valence-corrected chi connectivity index (χ4v) is 2.82. The Morgan fingerprint density at radius 1 is 1.07 bits per heavy atom. The van der Waals surface area contributed by atoms with Gasteiger partial charge in [0.1, 0.15) is 11.3 Å². The topological polar surface area (TPSA) is 96.5 Å². The third-order valence-electron chi connectivity index (χ3n) is 4.27. The number of carbonyl (C=O) groups excluding carboxylic acids is 3. The molecule has 0 unspecified atom stereocenters. The minimum atomic E-state index is -0.571. The van der Waals surface area contributed by atoms with E-state index in [1.165, 1.54) is 6.08 Å². The van der Waals surface area contributed by atoms with E-state index in [-0.39, 0.29) is 23.2 Å². The zero-order valence-corrected chi connectivity index (χ0v) is 16.7. The Balaban J connectivity index is 1.64. The molecule has 0 atom stereocenters. The number of thiocarbonyl (C=S) groups is 1. The van der Waals surface area contributed by atoms with Gasteiger partial charge in [0, 0.05) is 5.69 Å². The molecule has 2 aromatic carbocycles. The van der Waals surface area contributed by atoms with E-state index in [9.17, 15) is 14.4 Å². The SMILES string of the molecule is Cc1ccc(NC(=O)COc2cccc(C=C3C(=O)NC(=S)NC3=O)c2)cc1C. The molecule has 7 nitrogen and oxygen atoms in total. The highest BCUT2D eigenvalue weighted by Gasteiger charge is 2.25. The van der Waals surface area contributed by atoms with E-state index < -0.39 is 11.8 Å². The predicted molar refractivity (Wildman–Crippen MR) is 113 cm³/mol. The predicted octanol–water partition coefficient (Wildman–Crippen LogP) is 2.24. The first-order valence-electron chi connectivity index (χ1n) is 8.80. The number of ether oxygens (including phenoxy) is 1. The molecule has 148 valence electrons. The second-order valence-electron chi connectivity index (χ2n) is 6.50. The van der Waals surface area contributed by atoms with Gasteiger partial charge in [0.15, 0.2) is 11.7 Å². The van der Waals surface area contributed by atoms with Crippen molar-refractivity contribution in [2.24, 2.45) is 0 Å². The van der Waals surface area contributed by atoms with Crippen LogP contribution in [0.3, 0.4) is 0 Å². The quantitative estimate of drug-likeness (QED) is 0.400. The number of amides is 3. The number of carbonyl (C=O) groups is 3. The van der Waals surface area contributed by atoms with Crippen molar-refractivity contribution < 1.29 is 19.1 Å². The highest BCUT2D eigenvalue weighted by Crippen LogP contribution is 2.18. The minimum absolute atomic E-state index is 0.0241. The van der Waals surface area contributed by atoms with Crippen molar-refractivity contribution in [3.8, 4) is 5.75 Å². The summed E-state index contributed by atoms with van der Waals surface area (Å²) in [6.45, 7) is 3.80. The van der Waals surface area contributed by atoms with Gasteiger partial charge in [-0.3, -0.25) is 25.0 Å². The van der Waals surface area contributed by atoms with E-state index in [1.807, 2.05) is 32.0 Å². The maximum Gasteiger partial charge on any atom is 0.263 e. The van der Waals surface area contributed by atoms with Crippen LogP contribution in [0.5, 0.6) is 5.75 Å². The first-order valence-corrected chi connectivity index (χ1v) is 9.21. The molecule has 1 heterocycles. The highest BCUT2D eigenvalue weighted by atomic mass is 32.1. The smallest absolute Gasteiger partial charge is 0.263 e. The molecule has 0 bridgehead atoms. The normalized spacial score (nSPS) is 13.4. The lowest BCUT2D eigenvalue weighted by Crippen LogP contribution is -2.51. The molecule has 0 saturated carbocycles. The molecule has 1 saturated heterocycles. The second-order valence-corrected chi connectivity index (χ2v) is 6.91. The molecular weight excluding hydrogens is 390 g/mol. The van der Waals surface area contributed by atoms with E-state index in [2.05, 4.69) is 16.0 Å². The number of nitrogens with one attached hydrogen (secondary N) is 3. The zero-order chi connectivity index (χ0) is 21.0. The maximum atomic E-state index is 12.1. The summed E-state index contributed by atoms with van der Waals surface area (Å²) in [6.07, 6.45) is 1.43. The van der Waals surface area contributed by atoms with Crippen LogP contribution in [-0.2, 0) is 14.4 Å². The number of hydrogen-bond acceptors (Lipinski definition) is 5. The summed E-state index contributed by atoms with van der Waals surface area (Å²) >= 11 is 4.77. The van der Waals surface area contributed by atoms with Crippen molar-refractivity contribution in [3.63, 3.8) is 0 Å². The van der Waals surface area contributed by atoms with Crippen LogP contribution < -0.4 is 20.7 Å². The molecule has 1 aliphatic heterocycles. The number of anilines is 1. The minimum Gasteiger partial charge on any atom is -0.484 e. The Morgan fingerprint density at radius 3 is 2.48 bits per heavy atom. The molecule has 0 radical (unpaired) electrons. The Morgan fingerprint density at radius 2 is 1.79 bits per heavy atom. The van der Waals surface area contributed by atoms with Crippen LogP contribution in [0.1, 0.15) is 16.7 Å². The monoisotopic (exact) mass is 409 g/mol. The van der Waals surface area contributed by atoms with Crippen molar-refractivity contribution in [1.82, 2.24) is 10.6 Å². The van der Waals surface area contributed by atoms with E-state index in [1.54, 1.807) is 24.3 Å². The van der Waals surface area contributed by atoms with E-state index in [4.69, 9.17) is 17.0 Å². The largest absolute Gasteiger partial charge is 0.484 e. The van der Waals surface area contributed by atoms with Crippen molar-refractivity contribution in [2.75, 3.05) is 11.9 Å². The Labute approximate surface area is 173 Å².